The lowest BCUT2D eigenvalue weighted by atomic mass is 9.89. The summed E-state index contributed by atoms with van der Waals surface area (Å²) >= 11 is 0. The average Bonchev–Trinajstić information content (AvgIpc) is 2.58. The zero-order valence-electron chi connectivity index (χ0n) is 8.87. The Morgan fingerprint density at radius 2 is 2.29 bits per heavy atom. The summed E-state index contributed by atoms with van der Waals surface area (Å²) in [4.78, 5) is 22.1. The Bertz CT molecular complexity index is 278. The molecular weight excluding hydrogens is 180 g/mol. The van der Waals surface area contributed by atoms with Crippen LogP contribution in [0.1, 0.15) is 26.7 Å². The molecule has 0 aromatic carbocycles. The van der Waals surface area contributed by atoms with Gasteiger partial charge in [0.1, 0.15) is 6.29 Å². The second-order valence-electron chi connectivity index (χ2n) is 3.83. The van der Waals surface area contributed by atoms with E-state index in [9.17, 15) is 9.59 Å². The lowest BCUT2D eigenvalue weighted by molar-refractivity contribution is -0.136. The third kappa shape index (κ3) is 1.86. The molecule has 0 fully saturated rings. The van der Waals surface area contributed by atoms with E-state index in [-0.39, 0.29) is 17.8 Å². The molecular formula is C11H16O3. The Hall–Kier alpha value is -1.12. The Morgan fingerprint density at radius 3 is 2.79 bits per heavy atom. The van der Waals surface area contributed by atoms with Gasteiger partial charge in [0.05, 0.1) is 7.11 Å². The summed E-state index contributed by atoms with van der Waals surface area (Å²) in [6, 6.07) is 0. The first-order valence-electron chi connectivity index (χ1n) is 4.85. The van der Waals surface area contributed by atoms with Gasteiger partial charge in [0.15, 0.2) is 0 Å². The maximum atomic E-state index is 11.5. The van der Waals surface area contributed by atoms with Crippen molar-refractivity contribution in [3.8, 4) is 0 Å². The fraction of sp³-hybridized carbons (Fsp3) is 0.636. The number of ether oxygens (including phenoxy) is 1. The van der Waals surface area contributed by atoms with Gasteiger partial charge in [0.2, 0.25) is 0 Å². The largest absolute Gasteiger partial charge is 0.466 e. The fourth-order valence-electron chi connectivity index (χ4n) is 2.02. The van der Waals surface area contributed by atoms with Crippen LogP contribution < -0.4 is 0 Å². The van der Waals surface area contributed by atoms with Gasteiger partial charge < -0.3 is 9.53 Å². The highest BCUT2D eigenvalue weighted by Gasteiger charge is 2.32. The quantitative estimate of drug-likeness (QED) is 0.510. The standard InChI is InChI=1S/C11H16O3/c1-7-4-5-9(8(2)6-12)10(7)11(13)14-3/h6,8-9H,4-5H2,1-3H3/t8?,9-/m1/s1. The van der Waals surface area contributed by atoms with Crippen molar-refractivity contribution in [1.29, 1.82) is 0 Å². The predicted molar refractivity (Wildman–Crippen MR) is 52.7 cm³/mol. The minimum atomic E-state index is -0.279. The molecule has 0 radical (unpaired) electrons. The van der Waals surface area contributed by atoms with E-state index in [1.54, 1.807) is 0 Å². The predicted octanol–water partition coefficient (Wildman–Crippen LogP) is 1.72. The van der Waals surface area contributed by atoms with Gasteiger partial charge in [-0.25, -0.2) is 4.79 Å². The highest BCUT2D eigenvalue weighted by Crippen LogP contribution is 2.36. The second-order valence-corrected chi connectivity index (χ2v) is 3.83. The third-order valence-corrected chi connectivity index (χ3v) is 2.92. The number of esters is 1. The minimum Gasteiger partial charge on any atom is -0.466 e. The molecule has 0 saturated heterocycles. The summed E-state index contributed by atoms with van der Waals surface area (Å²) in [6.07, 6.45) is 2.69. The maximum absolute atomic E-state index is 11.5. The second kappa shape index (κ2) is 4.40. The summed E-state index contributed by atoms with van der Waals surface area (Å²) in [7, 11) is 1.38. The summed E-state index contributed by atoms with van der Waals surface area (Å²) in [5.74, 6) is -0.319. The Balaban J connectivity index is 2.91. The smallest absolute Gasteiger partial charge is 0.333 e. The van der Waals surface area contributed by atoms with Crippen LogP contribution >= 0.6 is 0 Å². The summed E-state index contributed by atoms with van der Waals surface area (Å²) in [6.45, 7) is 3.78. The van der Waals surface area contributed by atoms with Crippen molar-refractivity contribution in [2.45, 2.75) is 26.7 Å². The number of carbonyl (C=O) groups excluding carboxylic acids is 2. The van der Waals surface area contributed by atoms with Gasteiger partial charge in [0.25, 0.3) is 0 Å². The van der Waals surface area contributed by atoms with Gasteiger partial charge in [-0.2, -0.15) is 0 Å². The van der Waals surface area contributed by atoms with E-state index in [4.69, 9.17) is 4.74 Å². The van der Waals surface area contributed by atoms with Crippen molar-refractivity contribution < 1.29 is 14.3 Å². The zero-order chi connectivity index (χ0) is 10.7. The molecule has 0 saturated carbocycles. The average molecular weight is 196 g/mol. The van der Waals surface area contributed by atoms with E-state index in [2.05, 4.69) is 0 Å². The molecule has 1 unspecified atom stereocenters. The molecule has 3 heteroatoms. The van der Waals surface area contributed by atoms with Crippen LogP contribution in [-0.4, -0.2) is 19.4 Å². The lowest BCUT2D eigenvalue weighted by Crippen LogP contribution is -2.19. The van der Waals surface area contributed by atoms with Crippen molar-refractivity contribution in [3.05, 3.63) is 11.1 Å². The van der Waals surface area contributed by atoms with Crippen molar-refractivity contribution in [1.82, 2.24) is 0 Å². The number of hydrogen-bond donors (Lipinski definition) is 0. The normalized spacial score (nSPS) is 23.5. The molecule has 0 aliphatic heterocycles. The van der Waals surface area contributed by atoms with Crippen LogP contribution in [0.5, 0.6) is 0 Å². The van der Waals surface area contributed by atoms with Crippen molar-refractivity contribution in [2.75, 3.05) is 7.11 Å². The molecule has 2 atom stereocenters. The van der Waals surface area contributed by atoms with Crippen molar-refractivity contribution in [2.24, 2.45) is 11.8 Å². The molecule has 0 spiro atoms. The Morgan fingerprint density at radius 1 is 1.64 bits per heavy atom. The lowest BCUT2D eigenvalue weighted by Gasteiger charge is -2.16. The fourth-order valence-corrected chi connectivity index (χ4v) is 2.02. The van der Waals surface area contributed by atoms with Crippen LogP contribution in [0, 0.1) is 11.8 Å². The first-order valence-corrected chi connectivity index (χ1v) is 4.85. The molecule has 1 aliphatic carbocycles. The van der Waals surface area contributed by atoms with Gasteiger partial charge in [0, 0.05) is 17.4 Å². The number of carbonyl (C=O) groups is 2. The summed E-state index contributed by atoms with van der Waals surface area (Å²) in [5, 5.41) is 0. The number of hydrogen-bond acceptors (Lipinski definition) is 3. The molecule has 0 N–H and O–H groups in total. The van der Waals surface area contributed by atoms with Gasteiger partial charge >= 0.3 is 5.97 Å². The molecule has 3 nitrogen and oxygen atoms in total. The van der Waals surface area contributed by atoms with E-state index in [0.29, 0.717) is 5.57 Å². The molecule has 0 aromatic heterocycles. The highest BCUT2D eigenvalue weighted by atomic mass is 16.5. The van der Waals surface area contributed by atoms with Crippen LogP contribution in [-0.2, 0) is 14.3 Å². The first kappa shape index (κ1) is 11.0. The molecule has 14 heavy (non-hydrogen) atoms. The summed E-state index contributed by atoms with van der Waals surface area (Å²) < 4.78 is 4.72. The van der Waals surface area contributed by atoms with E-state index in [0.717, 1.165) is 24.7 Å². The van der Waals surface area contributed by atoms with Gasteiger partial charge in [-0.3, -0.25) is 0 Å². The number of allylic oxidation sites excluding steroid dienone is 1. The molecule has 1 rings (SSSR count). The van der Waals surface area contributed by atoms with Crippen LogP contribution in [0.4, 0.5) is 0 Å². The van der Waals surface area contributed by atoms with Gasteiger partial charge in [-0.1, -0.05) is 12.5 Å². The van der Waals surface area contributed by atoms with E-state index < -0.39 is 0 Å². The van der Waals surface area contributed by atoms with Gasteiger partial charge in [-0.15, -0.1) is 0 Å². The molecule has 0 amide bonds. The molecule has 1 aliphatic rings. The number of aldehydes is 1. The molecule has 0 aromatic rings. The SMILES string of the molecule is COC(=O)C1=C(C)CC[C@@H]1C(C)C=O. The summed E-state index contributed by atoms with van der Waals surface area (Å²) in [5.41, 5.74) is 1.78. The number of rotatable bonds is 3. The highest BCUT2D eigenvalue weighted by molar-refractivity contribution is 5.91. The monoisotopic (exact) mass is 196 g/mol. The molecule has 0 bridgehead atoms. The van der Waals surface area contributed by atoms with Crippen LogP contribution in [0.15, 0.2) is 11.1 Å². The molecule has 0 heterocycles. The minimum absolute atomic E-state index is 0.0555. The number of methoxy groups -OCH3 is 1. The van der Waals surface area contributed by atoms with Crippen LogP contribution in [0.3, 0.4) is 0 Å². The van der Waals surface area contributed by atoms with Crippen molar-refractivity contribution in [3.63, 3.8) is 0 Å². The van der Waals surface area contributed by atoms with E-state index in [1.807, 2.05) is 13.8 Å². The van der Waals surface area contributed by atoms with E-state index in [1.165, 1.54) is 7.11 Å². The topological polar surface area (TPSA) is 43.4 Å². The molecule has 78 valence electrons. The third-order valence-electron chi connectivity index (χ3n) is 2.92. The first-order chi connectivity index (χ1) is 6.61. The van der Waals surface area contributed by atoms with Crippen LogP contribution in [0.2, 0.25) is 0 Å². The Labute approximate surface area is 84.1 Å². The Kier molecular flexibility index (Phi) is 3.44. The van der Waals surface area contributed by atoms with Gasteiger partial charge in [-0.05, 0) is 19.8 Å². The maximum Gasteiger partial charge on any atom is 0.333 e. The zero-order valence-corrected chi connectivity index (χ0v) is 8.87. The van der Waals surface area contributed by atoms with Crippen molar-refractivity contribution >= 4 is 12.3 Å². The van der Waals surface area contributed by atoms with Crippen LogP contribution in [0.25, 0.3) is 0 Å². The van der Waals surface area contributed by atoms with E-state index >= 15 is 0 Å².